The molecule has 0 aliphatic carbocycles. The van der Waals surface area contributed by atoms with Crippen molar-refractivity contribution in [1.29, 1.82) is 0 Å². The number of rotatable bonds is 4. The molecule has 1 aromatic heterocycles. The van der Waals surface area contributed by atoms with Crippen LogP contribution in [-0.4, -0.2) is 33.9 Å². The molecule has 1 amide bonds. The highest BCUT2D eigenvalue weighted by atomic mass is 35.5. The predicted molar refractivity (Wildman–Crippen MR) is 95.1 cm³/mol. The van der Waals surface area contributed by atoms with Crippen LogP contribution in [0.1, 0.15) is 35.8 Å². The first kappa shape index (κ1) is 16.7. The van der Waals surface area contributed by atoms with Gasteiger partial charge in [-0.05, 0) is 36.5 Å². The van der Waals surface area contributed by atoms with E-state index in [9.17, 15) is 4.79 Å². The molecule has 1 saturated heterocycles. The summed E-state index contributed by atoms with van der Waals surface area (Å²) < 4.78 is 0. The molecule has 0 spiro atoms. The van der Waals surface area contributed by atoms with Crippen molar-refractivity contribution in [3.8, 4) is 0 Å². The SMILES string of the molecule is CC1CCN(C(=O)c2cnc(NCc3ccc(Cl)cc3)cn2)CC1. The molecule has 0 bridgehead atoms. The monoisotopic (exact) mass is 344 g/mol. The second kappa shape index (κ2) is 7.62. The largest absolute Gasteiger partial charge is 0.365 e. The Labute approximate surface area is 147 Å². The zero-order chi connectivity index (χ0) is 16.9. The molecule has 1 aromatic carbocycles. The number of amides is 1. The molecule has 1 aliphatic rings. The number of aromatic nitrogens is 2. The van der Waals surface area contributed by atoms with E-state index in [0.717, 1.165) is 31.5 Å². The summed E-state index contributed by atoms with van der Waals surface area (Å²) in [6, 6.07) is 7.62. The standard InChI is InChI=1S/C18H21ClN4O/c1-13-6-8-23(9-7-13)18(24)16-11-22-17(12-20-16)21-10-14-2-4-15(19)5-3-14/h2-5,11-13H,6-10H2,1H3,(H,21,22). The molecule has 2 heterocycles. The smallest absolute Gasteiger partial charge is 0.274 e. The lowest BCUT2D eigenvalue weighted by atomic mass is 9.99. The maximum Gasteiger partial charge on any atom is 0.274 e. The average Bonchev–Trinajstić information content (AvgIpc) is 2.62. The summed E-state index contributed by atoms with van der Waals surface area (Å²) >= 11 is 5.87. The summed E-state index contributed by atoms with van der Waals surface area (Å²) in [5, 5.41) is 3.91. The van der Waals surface area contributed by atoms with E-state index in [1.165, 1.54) is 0 Å². The number of carbonyl (C=O) groups is 1. The summed E-state index contributed by atoms with van der Waals surface area (Å²) in [5.41, 5.74) is 1.50. The van der Waals surface area contributed by atoms with Crippen molar-refractivity contribution in [3.05, 3.63) is 52.9 Å². The lowest BCUT2D eigenvalue weighted by Crippen LogP contribution is -2.38. The van der Waals surface area contributed by atoms with Gasteiger partial charge in [0.1, 0.15) is 11.5 Å². The topological polar surface area (TPSA) is 58.1 Å². The first-order valence-electron chi connectivity index (χ1n) is 8.21. The Hall–Kier alpha value is -2.14. The van der Waals surface area contributed by atoms with Crippen LogP contribution in [0.3, 0.4) is 0 Å². The van der Waals surface area contributed by atoms with E-state index in [0.29, 0.717) is 29.0 Å². The van der Waals surface area contributed by atoms with Crippen LogP contribution in [0.5, 0.6) is 0 Å². The van der Waals surface area contributed by atoms with E-state index in [4.69, 9.17) is 11.6 Å². The fraction of sp³-hybridized carbons (Fsp3) is 0.389. The molecular formula is C18H21ClN4O. The van der Waals surface area contributed by atoms with Crippen molar-refractivity contribution in [1.82, 2.24) is 14.9 Å². The minimum Gasteiger partial charge on any atom is -0.365 e. The normalized spacial score (nSPS) is 15.3. The van der Waals surface area contributed by atoms with Gasteiger partial charge in [0, 0.05) is 24.7 Å². The van der Waals surface area contributed by atoms with Crippen molar-refractivity contribution >= 4 is 23.3 Å². The number of hydrogen-bond donors (Lipinski definition) is 1. The van der Waals surface area contributed by atoms with Gasteiger partial charge < -0.3 is 10.2 Å². The molecule has 2 aromatic rings. The molecule has 0 saturated carbocycles. The Morgan fingerprint density at radius 2 is 1.92 bits per heavy atom. The van der Waals surface area contributed by atoms with Crippen molar-refractivity contribution in [2.45, 2.75) is 26.3 Å². The molecular weight excluding hydrogens is 324 g/mol. The van der Waals surface area contributed by atoms with Crippen molar-refractivity contribution in [2.75, 3.05) is 18.4 Å². The third-order valence-electron chi connectivity index (χ3n) is 4.33. The highest BCUT2D eigenvalue weighted by molar-refractivity contribution is 6.30. The Kier molecular flexibility index (Phi) is 5.30. The van der Waals surface area contributed by atoms with Crippen LogP contribution >= 0.6 is 11.6 Å². The number of halogens is 1. The predicted octanol–water partition coefficient (Wildman–Crippen LogP) is 3.61. The molecule has 24 heavy (non-hydrogen) atoms. The van der Waals surface area contributed by atoms with E-state index < -0.39 is 0 Å². The van der Waals surface area contributed by atoms with Crippen LogP contribution in [0.2, 0.25) is 5.02 Å². The van der Waals surface area contributed by atoms with E-state index in [2.05, 4.69) is 22.2 Å². The summed E-state index contributed by atoms with van der Waals surface area (Å²) in [6.07, 6.45) is 5.26. The minimum atomic E-state index is -0.0290. The van der Waals surface area contributed by atoms with Gasteiger partial charge in [0.15, 0.2) is 0 Å². The van der Waals surface area contributed by atoms with Crippen LogP contribution in [0.25, 0.3) is 0 Å². The molecule has 6 heteroatoms. The van der Waals surface area contributed by atoms with Crippen LogP contribution < -0.4 is 5.32 Å². The lowest BCUT2D eigenvalue weighted by Gasteiger charge is -2.29. The fourth-order valence-electron chi connectivity index (χ4n) is 2.70. The zero-order valence-electron chi connectivity index (χ0n) is 13.7. The zero-order valence-corrected chi connectivity index (χ0v) is 14.5. The highest BCUT2D eigenvalue weighted by Gasteiger charge is 2.22. The number of piperidine rings is 1. The van der Waals surface area contributed by atoms with Crippen molar-refractivity contribution in [3.63, 3.8) is 0 Å². The number of nitrogens with zero attached hydrogens (tertiary/aromatic N) is 3. The molecule has 5 nitrogen and oxygen atoms in total. The summed E-state index contributed by atoms with van der Waals surface area (Å²) in [6.45, 7) is 4.46. The number of anilines is 1. The number of carbonyl (C=O) groups excluding carboxylic acids is 1. The summed E-state index contributed by atoms with van der Waals surface area (Å²) in [5.74, 6) is 1.31. The molecule has 126 valence electrons. The molecule has 0 atom stereocenters. The highest BCUT2D eigenvalue weighted by Crippen LogP contribution is 2.17. The minimum absolute atomic E-state index is 0.0290. The van der Waals surface area contributed by atoms with E-state index in [-0.39, 0.29) is 5.91 Å². The number of likely N-dealkylation sites (tertiary alicyclic amines) is 1. The van der Waals surface area contributed by atoms with Gasteiger partial charge in [0.2, 0.25) is 0 Å². The maximum absolute atomic E-state index is 12.4. The fourth-order valence-corrected chi connectivity index (χ4v) is 2.82. The van der Waals surface area contributed by atoms with Crippen LogP contribution in [0.15, 0.2) is 36.7 Å². The average molecular weight is 345 g/mol. The number of hydrogen-bond acceptors (Lipinski definition) is 4. The van der Waals surface area contributed by atoms with Crippen molar-refractivity contribution in [2.24, 2.45) is 5.92 Å². The quantitative estimate of drug-likeness (QED) is 0.920. The van der Waals surface area contributed by atoms with Gasteiger partial charge in [-0.15, -0.1) is 0 Å². The first-order valence-corrected chi connectivity index (χ1v) is 8.59. The van der Waals surface area contributed by atoms with E-state index in [1.807, 2.05) is 29.2 Å². The lowest BCUT2D eigenvalue weighted by molar-refractivity contribution is 0.0691. The Bertz CT molecular complexity index is 679. The molecule has 1 fully saturated rings. The molecule has 0 radical (unpaired) electrons. The number of nitrogens with one attached hydrogen (secondary N) is 1. The third kappa shape index (κ3) is 4.23. The van der Waals surface area contributed by atoms with Gasteiger partial charge in [-0.2, -0.15) is 0 Å². The molecule has 1 aliphatic heterocycles. The van der Waals surface area contributed by atoms with Gasteiger partial charge in [-0.1, -0.05) is 30.7 Å². The van der Waals surface area contributed by atoms with Crippen molar-refractivity contribution < 1.29 is 4.79 Å². The van der Waals surface area contributed by atoms with Crippen LogP contribution in [-0.2, 0) is 6.54 Å². The number of benzene rings is 1. The Morgan fingerprint density at radius 3 is 2.54 bits per heavy atom. The summed E-state index contributed by atoms with van der Waals surface area (Å²) in [4.78, 5) is 22.8. The van der Waals surface area contributed by atoms with Gasteiger partial charge in [-0.25, -0.2) is 9.97 Å². The maximum atomic E-state index is 12.4. The summed E-state index contributed by atoms with van der Waals surface area (Å²) in [7, 11) is 0. The first-order chi connectivity index (χ1) is 11.6. The third-order valence-corrected chi connectivity index (χ3v) is 4.58. The second-order valence-corrected chi connectivity index (χ2v) is 6.68. The molecule has 3 rings (SSSR count). The van der Waals surface area contributed by atoms with Gasteiger partial charge in [0.05, 0.1) is 12.4 Å². The Balaban J connectivity index is 1.56. The second-order valence-electron chi connectivity index (χ2n) is 6.24. The van der Waals surface area contributed by atoms with Gasteiger partial charge in [-0.3, -0.25) is 4.79 Å². The Morgan fingerprint density at radius 1 is 1.21 bits per heavy atom. The van der Waals surface area contributed by atoms with Gasteiger partial charge >= 0.3 is 0 Å². The molecule has 1 N–H and O–H groups in total. The van der Waals surface area contributed by atoms with E-state index >= 15 is 0 Å². The molecule has 0 unspecified atom stereocenters. The van der Waals surface area contributed by atoms with E-state index in [1.54, 1.807) is 12.4 Å². The van der Waals surface area contributed by atoms with Crippen LogP contribution in [0, 0.1) is 5.92 Å². The van der Waals surface area contributed by atoms with Crippen LogP contribution in [0.4, 0.5) is 5.82 Å². The van der Waals surface area contributed by atoms with Gasteiger partial charge in [0.25, 0.3) is 5.91 Å².